The molecule has 0 aliphatic rings. The minimum absolute atomic E-state index is 0.0809. The van der Waals surface area contributed by atoms with Crippen molar-refractivity contribution < 1.29 is 9.59 Å². The Morgan fingerprint density at radius 1 is 1.26 bits per heavy atom. The smallest absolute Gasteiger partial charge is 0.294 e. The van der Waals surface area contributed by atoms with Crippen LogP contribution in [0.4, 0.5) is 5.82 Å². The number of hydrogen-bond donors (Lipinski definition) is 3. The Morgan fingerprint density at radius 3 is 2.65 bits per heavy atom. The highest BCUT2D eigenvalue weighted by molar-refractivity contribution is 7.99. The molecule has 10 heteroatoms. The Hall–Kier alpha value is -3.40. The Kier molecular flexibility index (Phi) is 11.0. The van der Waals surface area contributed by atoms with Crippen LogP contribution in [0.3, 0.4) is 0 Å². The monoisotopic (exact) mass is 484 g/mol. The molecule has 1 aromatic heterocycles. The summed E-state index contributed by atoms with van der Waals surface area (Å²) in [5.41, 5.74) is 7.82. The number of nitrogens with two attached hydrogens (primary N) is 1. The van der Waals surface area contributed by atoms with Crippen LogP contribution in [0.2, 0.25) is 0 Å². The fraction of sp³-hybridized carbons (Fsp3) is 0.375. The predicted molar refractivity (Wildman–Crippen MR) is 138 cm³/mol. The van der Waals surface area contributed by atoms with E-state index in [-0.39, 0.29) is 30.6 Å². The summed E-state index contributed by atoms with van der Waals surface area (Å²) in [4.78, 5) is 46.1. The fourth-order valence-corrected chi connectivity index (χ4v) is 4.00. The van der Waals surface area contributed by atoms with E-state index in [1.807, 2.05) is 37.3 Å². The molecule has 0 aliphatic carbocycles. The minimum Gasteiger partial charge on any atom is -0.404 e. The van der Waals surface area contributed by atoms with Crippen molar-refractivity contribution in [3.05, 3.63) is 70.4 Å². The molecule has 0 aliphatic heterocycles. The van der Waals surface area contributed by atoms with E-state index in [1.165, 1.54) is 34.9 Å². The molecule has 0 saturated heterocycles. The van der Waals surface area contributed by atoms with Crippen molar-refractivity contribution >= 4 is 35.0 Å². The van der Waals surface area contributed by atoms with Gasteiger partial charge < -0.3 is 16.4 Å². The average Bonchev–Trinajstić information content (AvgIpc) is 2.85. The van der Waals surface area contributed by atoms with Crippen LogP contribution in [0.1, 0.15) is 31.9 Å². The largest absolute Gasteiger partial charge is 0.404 e. The van der Waals surface area contributed by atoms with Crippen LogP contribution in [0.5, 0.6) is 0 Å². The van der Waals surface area contributed by atoms with Crippen LogP contribution >= 0.6 is 11.8 Å². The molecule has 4 N–H and O–H groups in total. The molecule has 0 bridgehead atoms. The number of amides is 1. The number of benzene rings is 1. The van der Waals surface area contributed by atoms with Crippen molar-refractivity contribution in [2.24, 2.45) is 10.7 Å². The summed E-state index contributed by atoms with van der Waals surface area (Å²) in [7, 11) is 1.66. The number of nitrogens with zero attached hydrogens (tertiary/aromatic N) is 3. The van der Waals surface area contributed by atoms with E-state index >= 15 is 0 Å². The van der Waals surface area contributed by atoms with Crippen molar-refractivity contribution in [1.82, 2.24) is 14.9 Å². The Morgan fingerprint density at radius 2 is 2.00 bits per heavy atom. The summed E-state index contributed by atoms with van der Waals surface area (Å²) in [6.45, 7) is 3.81. The van der Waals surface area contributed by atoms with E-state index in [1.54, 1.807) is 14.0 Å². The third kappa shape index (κ3) is 7.87. The Bertz CT molecular complexity index is 1080. The van der Waals surface area contributed by atoms with Gasteiger partial charge in [0.15, 0.2) is 11.6 Å². The molecule has 1 aromatic carbocycles. The van der Waals surface area contributed by atoms with Crippen LogP contribution in [0, 0.1) is 0 Å². The lowest BCUT2D eigenvalue weighted by molar-refractivity contribution is -0.127. The van der Waals surface area contributed by atoms with Crippen LogP contribution in [-0.2, 0) is 15.3 Å². The average molecular weight is 485 g/mol. The molecule has 1 unspecified atom stereocenters. The number of nitrogens with one attached hydrogen (secondary N) is 2. The van der Waals surface area contributed by atoms with Gasteiger partial charge in [0.25, 0.3) is 5.56 Å². The Balaban J connectivity index is 1.95. The topological polar surface area (TPSA) is 131 Å². The third-order valence-electron chi connectivity index (χ3n) is 5.18. The highest BCUT2D eigenvalue weighted by atomic mass is 32.2. The molecule has 0 spiro atoms. The fourth-order valence-electron chi connectivity index (χ4n) is 3.14. The number of hydrogen-bond acceptors (Lipinski definition) is 8. The number of thioether (sulfide) groups is 1. The van der Waals surface area contributed by atoms with Gasteiger partial charge in [0.05, 0.1) is 12.3 Å². The molecule has 34 heavy (non-hydrogen) atoms. The zero-order valence-corrected chi connectivity index (χ0v) is 20.6. The number of anilines is 1. The van der Waals surface area contributed by atoms with Gasteiger partial charge >= 0.3 is 0 Å². The van der Waals surface area contributed by atoms with Crippen molar-refractivity contribution in [3.8, 4) is 0 Å². The minimum atomic E-state index is -0.760. The van der Waals surface area contributed by atoms with Crippen LogP contribution in [-0.4, -0.2) is 52.8 Å². The third-order valence-corrected chi connectivity index (χ3v) is 6.24. The zero-order chi connectivity index (χ0) is 24.9. The van der Waals surface area contributed by atoms with E-state index in [0.717, 1.165) is 22.6 Å². The van der Waals surface area contributed by atoms with Gasteiger partial charge in [-0.15, -0.1) is 11.8 Å². The standard InChI is InChI=1S/C24H32N6O3S/c1-4-21(23(32)29-14-20(31)16-34-15-18-8-6-5-7-9-18)30-11-10-27-22(24(30)33)28-13-19(12-25)17(2)26-3/h5-12,21H,4,13-16,25H2,1-3H3,(H,27,28)(H,29,32). The molecular formula is C24H32N6O3S. The highest BCUT2D eigenvalue weighted by Crippen LogP contribution is 2.12. The van der Waals surface area contributed by atoms with Gasteiger partial charge in [0.2, 0.25) is 5.91 Å². The number of carbonyl (C=O) groups is 2. The first-order valence-electron chi connectivity index (χ1n) is 11.0. The molecule has 1 atom stereocenters. The zero-order valence-electron chi connectivity index (χ0n) is 19.8. The molecule has 1 amide bonds. The lowest BCUT2D eigenvalue weighted by Gasteiger charge is -2.18. The van der Waals surface area contributed by atoms with E-state index < -0.39 is 11.6 Å². The van der Waals surface area contributed by atoms with E-state index in [4.69, 9.17) is 5.73 Å². The highest BCUT2D eigenvalue weighted by Gasteiger charge is 2.21. The maximum atomic E-state index is 12.9. The summed E-state index contributed by atoms with van der Waals surface area (Å²) >= 11 is 1.50. The number of aromatic nitrogens is 2. The van der Waals surface area contributed by atoms with Gasteiger partial charge in [0, 0.05) is 49.2 Å². The van der Waals surface area contributed by atoms with Gasteiger partial charge in [-0.3, -0.25) is 23.9 Å². The van der Waals surface area contributed by atoms with Crippen molar-refractivity contribution in [2.45, 2.75) is 32.1 Å². The Labute approximate surface area is 203 Å². The van der Waals surface area contributed by atoms with Crippen LogP contribution in [0.25, 0.3) is 0 Å². The molecular weight excluding hydrogens is 452 g/mol. The maximum Gasteiger partial charge on any atom is 0.294 e. The number of rotatable bonds is 13. The van der Waals surface area contributed by atoms with Gasteiger partial charge in [-0.2, -0.15) is 0 Å². The van der Waals surface area contributed by atoms with Gasteiger partial charge in [-0.05, 0) is 18.9 Å². The molecule has 0 radical (unpaired) electrons. The first kappa shape index (κ1) is 26.8. The first-order valence-corrected chi connectivity index (χ1v) is 12.1. The second-order valence-electron chi connectivity index (χ2n) is 7.50. The molecule has 182 valence electrons. The van der Waals surface area contributed by atoms with E-state index in [2.05, 4.69) is 20.6 Å². The van der Waals surface area contributed by atoms with Crippen molar-refractivity contribution in [2.75, 3.05) is 31.2 Å². The lowest BCUT2D eigenvalue weighted by Crippen LogP contribution is -2.40. The van der Waals surface area contributed by atoms with Crippen LogP contribution < -0.4 is 21.9 Å². The van der Waals surface area contributed by atoms with Crippen molar-refractivity contribution in [1.29, 1.82) is 0 Å². The van der Waals surface area contributed by atoms with E-state index in [0.29, 0.717) is 12.2 Å². The summed E-state index contributed by atoms with van der Waals surface area (Å²) in [6, 6.07) is 9.11. The maximum absolute atomic E-state index is 12.9. The SMILES string of the molecule is CCC(C(=O)NCC(=O)CSCc1ccccc1)n1ccnc(NCC(=CN)C(C)=NC)c1=O. The molecule has 0 fully saturated rings. The quantitative estimate of drug-likeness (QED) is 0.371. The second-order valence-corrected chi connectivity index (χ2v) is 8.49. The summed E-state index contributed by atoms with van der Waals surface area (Å²) in [6.07, 6.45) is 4.73. The number of carbonyl (C=O) groups excluding carboxylic acids is 2. The lowest BCUT2D eigenvalue weighted by atomic mass is 10.2. The normalized spacial score (nSPS) is 12.8. The number of Topliss-reactive ketones (excluding diaryl/α,β-unsaturated/α-hetero) is 1. The van der Waals surface area contributed by atoms with Gasteiger partial charge in [-0.1, -0.05) is 37.3 Å². The predicted octanol–water partition coefficient (Wildman–Crippen LogP) is 2.16. The summed E-state index contributed by atoms with van der Waals surface area (Å²) in [5, 5.41) is 5.63. The number of ketones is 1. The molecule has 0 saturated carbocycles. The second kappa shape index (κ2) is 14.0. The molecule has 2 rings (SSSR count). The van der Waals surface area contributed by atoms with E-state index in [9.17, 15) is 14.4 Å². The molecule has 2 aromatic rings. The molecule has 1 heterocycles. The van der Waals surface area contributed by atoms with Gasteiger partial charge in [0.1, 0.15) is 6.04 Å². The first-order chi connectivity index (χ1) is 16.4. The summed E-state index contributed by atoms with van der Waals surface area (Å²) < 4.78 is 1.33. The van der Waals surface area contributed by atoms with Crippen LogP contribution in [0.15, 0.2) is 64.3 Å². The number of aliphatic imine (C=N–C) groups is 1. The van der Waals surface area contributed by atoms with Crippen molar-refractivity contribution in [3.63, 3.8) is 0 Å². The molecule has 9 nitrogen and oxygen atoms in total. The van der Waals surface area contributed by atoms with Gasteiger partial charge in [-0.25, -0.2) is 4.98 Å². The summed E-state index contributed by atoms with van der Waals surface area (Å²) in [5.74, 6) is 0.658.